The van der Waals surface area contributed by atoms with Gasteiger partial charge in [0.2, 0.25) is 23.6 Å². The average Bonchev–Trinajstić information content (AvgIpc) is 3.89. The fraction of sp³-hybridized carbons (Fsp3) is 0.800. The van der Waals surface area contributed by atoms with Crippen molar-refractivity contribution in [1.29, 1.82) is 0 Å². The molecule has 0 atom stereocenters. The molecule has 0 saturated carbocycles. The average molecular weight is 1090 g/mol. The minimum atomic E-state index is -0.722. The molecule has 2 saturated heterocycles. The molecule has 0 aliphatic carbocycles. The molecule has 2 aliphatic heterocycles. The number of nitrogens with one attached hydrogen (secondary N) is 4. The van der Waals surface area contributed by atoms with Gasteiger partial charge in [-0.3, -0.25) is 38.4 Å². The zero-order valence-corrected chi connectivity index (χ0v) is 44.3. The van der Waals surface area contributed by atoms with Gasteiger partial charge in [-0.15, -0.1) is 10.1 Å². The van der Waals surface area contributed by atoms with Crippen molar-refractivity contribution in [1.82, 2.24) is 31.4 Å². The lowest BCUT2D eigenvalue weighted by molar-refractivity contribution is -0.198. The van der Waals surface area contributed by atoms with E-state index in [0.717, 1.165) is 64.2 Å². The maximum atomic E-state index is 12.1. The van der Waals surface area contributed by atoms with Crippen molar-refractivity contribution in [2.45, 2.75) is 128 Å². The van der Waals surface area contributed by atoms with Gasteiger partial charge in [0.1, 0.15) is 0 Å². The summed E-state index contributed by atoms with van der Waals surface area (Å²) in [5, 5.41) is 12.5. The highest BCUT2D eigenvalue weighted by molar-refractivity contribution is 6.02. The van der Waals surface area contributed by atoms with E-state index in [2.05, 4.69) is 21.3 Å². The summed E-state index contributed by atoms with van der Waals surface area (Å²) in [6, 6.07) is 0. The first-order chi connectivity index (χ1) is 37.0. The number of ether oxygens (including phenoxy) is 8. The van der Waals surface area contributed by atoms with Crippen LogP contribution in [0.4, 0.5) is 0 Å². The number of amides is 8. The van der Waals surface area contributed by atoms with Gasteiger partial charge in [-0.1, -0.05) is 38.5 Å². The van der Waals surface area contributed by atoms with Crippen LogP contribution in [0, 0.1) is 0 Å². The van der Waals surface area contributed by atoms with E-state index in [1.165, 1.54) is 0 Å². The fourth-order valence-electron chi connectivity index (χ4n) is 6.87. The Balaban J connectivity index is 1.20. The van der Waals surface area contributed by atoms with Crippen LogP contribution in [0.3, 0.4) is 0 Å². The zero-order valence-electron chi connectivity index (χ0n) is 44.3. The second kappa shape index (κ2) is 45.9. The third-order valence-corrected chi connectivity index (χ3v) is 11.0. The van der Waals surface area contributed by atoms with Crippen LogP contribution in [0.1, 0.15) is 128 Å². The van der Waals surface area contributed by atoms with Gasteiger partial charge >= 0.3 is 11.9 Å². The van der Waals surface area contributed by atoms with Crippen molar-refractivity contribution in [3.05, 3.63) is 0 Å². The second-order valence-electron chi connectivity index (χ2n) is 17.4. The van der Waals surface area contributed by atoms with Gasteiger partial charge in [-0.25, -0.2) is 9.59 Å². The summed E-state index contributed by atoms with van der Waals surface area (Å²) in [6.45, 7) is 6.50. The highest BCUT2D eigenvalue weighted by Gasteiger charge is 2.33. The van der Waals surface area contributed by atoms with Crippen molar-refractivity contribution >= 4 is 59.2 Å². The molecule has 2 fully saturated rings. The Kier molecular flexibility index (Phi) is 40.4. The molecule has 4 N–H and O–H groups in total. The van der Waals surface area contributed by atoms with Crippen LogP contribution in [0.2, 0.25) is 0 Å². The van der Waals surface area contributed by atoms with Crippen molar-refractivity contribution in [3.63, 3.8) is 0 Å². The summed E-state index contributed by atoms with van der Waals surface area (Å²) < 4.78 is 43.2. The lowest BCUT2D eigenvalue weighted by Gasteiger charge is -2.12. The molecular formula is C50H84N6O20. The lowest BCUT2D eigenvalue weighted by atomic mass is 10.1. The third-order valence-electron chi connectivity index (χ3n) is 11.0. The van der Waals surface area contributed by atoms with Gasteiger partial charge < -0.3 is 68.8 Å². The normalized spacial score (nSPS) is 13.4. The molecule has 2 heterocycles. The Hall–Kier alpha value is -5.22. The van der Waals surface area contributed by atoms with Gasteiger partial charge in [-0.2, -0.15) is 0 Å². The summed E-state index contributed by atoms with van der Waals surface area (Å²) in [7, 11) is 0. The highest BCUT2D eigenvalue weighted by Crippen LogP contribution is 2.14. The molecule has 26 heteroatoms. The molecule has 2 rings (SSSR count). The van der Waals surface area contributed by atoms with E-state index >= 15 is 0 Å². The molecule has 0 aromatic heterocycles. The number of hydrogen-bond donors (Lipinski definition) is 4. The summed E-state index contributed by atoms with van der Waals surface area (Å²) in [4.78, 5) is 127. The van der Waals surface area contributed by atoms with Crippen LogP contribution in [0.25, 0.3) is 0 Å². The standard InChI is InChI=1S/C50H84N6O20/c57-41(53-23-29-71-35-39-73-37-33-69-27-19-49(65)75-55-45(61)13-14-46(55)62)11-7-3-1-5-9-21-51-43(59)17-25-67-31-32-68-26-18-44(60)52-22-10-6-2-4-8-12-42(58)54-24-30-72-36-40-74-38-34-70-28-20-50(66)76-56-47(63)15-16-48(56)64/h1-40H2,(H,51,59)(H,52,60)(H,53,57)(H,54,58). The SMILES string of the molecule is O=C(CCCCCCCNC(=O)CCOCCOCCC(=O)NCCCCCCCC(=O)NCCOCCOCCOCCC(=O)ON1C(=O)CCC1=O)NCCOCCOCCOCCC(=O)ON1C(=O)CCC1=O. The molecule has 0 bridgehead atoms. The fourth-order valence-corrected chi connectivity index (χ4v) is 6.87. The first-order valence-corrected chi connectivity index (χ1v) is 26.8. The lowest BCUT2D eigenvalue weighted by Crippen LogP contribution is -2.32. The van der Waals surface area contributed by atoms with Crippen LogP contribution >= 0.6 is 0 Å². The summed E-state index contributed by atoms with van der Waals surface area (Å²) >= 11 is 0. The van der Waals surface area contributed by atoms with E-state index in [1.807, 2.05) is 0 Å². The number of nitrogens with zero attached hydrogens (tertiary/aromatic N) is 2. The summed E-state index contributed by atoms with van der Waals surface area (Å²) in [5.74, 6) is -3.77. The molecule has 2 aliphatic rings. The minimum Gasteiger partial charge on any atom is -0.379 e. The predicted octanol–water partition coefficient (Wildman–Crippen LogP) is 1.04. The van der Waals surface area contributed by atoms with Crippen molar-refractivity contribution in [3.8, 4) is 0 Å². The Morgan fingerprint density at radius 3 is 0.882 bits per heavy atom. The summed E-state index contributed by atoms with van der Waals surface area (Å²) in [6.07, 6.45) is 10.3. The molecular weight excluding hydrogens is 1000 g/mol. The van der Waals surface area contributed by atoms with E-state index in [9.17, 15) is 47.9 Å². The predicted molar refractivity (Wildman–Crippen MR) is 267 cm³/mol. The molecule has 76 heavy (non-hydrogen) atoms. The maximum Gasteiger partial charge on any atom is 0.335 e. The third kappa shape index (κ3) is 37.5. The molecule has 434 valence electrons. The van der Waals surface area contributed by atoms with Crippen molar-refractivity contribution in [2.75, 3.05) is 132 Å². The van der Waals surface area contributed by atoms with E-state index in [1.54, 1.807) is 0 Å². The van der Waals surface area contributed by atoms with Crippen LogP contribution in [-0.2, 0) is 95.5 Å². The molecule has 0 unspecified atom stereocenters. The number of carbonyl (C=O) groups is 10. The van der Waals surface area contributed by atoms with Gasteiger partial charge in [0, 0.05) is 77.5 Å². The Bertz CT molecular complexity index is 1560. The first-order valence-electron chi connectivity index (χ1n) is 26.8. The van der Waals surface area contributed by atoms with Gasteiger partial charge in [-0.05, 0) is 25.7 Å². The number of hydroxylamine groups is 4. The molecule has 26 nitrogen and oxygen atoms in total. The van der Waals surface area contributed by atoms with Crippen molar-refractivity contribution in [2.24, 2.45) is 0 Å². The molecule has 0 radical (unpaired) electrons. The monoisotopic (exact) mass is 1090 g/mol. The Morgan fingerprint density at radius 2 is 0.539 bits per heavy atom. The van der Waals surface area contributed by atoms with Crippen LogP contribution in [-0.4, -0.2) is 201 Å². The van der Waals surface area contributed by atoms with Gasteiger partial charge in [0.25, 0.3) is 23.6 Å². The molecule has 0 aromatic rings. The number of carbonyl (C=O) groups excluding carboxylic acids is 10. The first kappa shape index (κ1) is 66.9. The number of unbranched alkanes of at least 4 members (excludes halogenated alkanes) is 8. The Labute approximate surface area is 445 Å². The quantitative estimate of drug-likeness (QED) is 0.0488. The second-order valence-corrected chi connectivity index (χ2v) is 17.4. The van der Waals surface area contributed by atoms with E-state index < -0.39 is 35.6 Å². The van der Waals surface area contributed by atoms with Gasteiger partial charge in [0.15, 0.2) is 0 Å². The van der Waals surface area contributed by atoms with E-state index in [-0.39, 0.29) is 115 Å². The summed E-state index contributed by atoms with van der Waals surface area (Å²) in [5.41, 5.74) is 0. The number of imide groups is 2. The topological polar surface area (TPSA) is 318 Å². The van der Waals surface area contributed by atoms with E-state index in [0.29, 0.717) is 115 Å². The number of rotatable bonds is 51. The smallest absolute Gasteiger partial charge is 0.335 e. The molecule has 8 amide bonds. The van der Waals surface area contributed by atoms with Crippen LogP contribution < -0.4 is 21.3 Å². The Morgan fingerprint density at radius 1 is 0.289 bits per heavy atom. The maximum absolute atomic E-state index is 12.1. The van der Waals surface area contributed by atoms with Crippen molar-refractivity contribution < 1.29 is 95.5 Å². The number of hydrogen-bond acceptors (Lipinski definition) is 20. The van der Waals surface area contributed by atoms with Crippen LogP contribution in [0.5, 0.6) is 0 Å². The van der Waals surface area contributed by atoms with E-state index in [4.69, 9.17) is 47.6 Å². The largest absolute Gasteiger partial charge is 0.379 e. The molecule has 0 aromatic carbocycles. The zero-order chi connectivity index (χ0) is 55.1. The van der Waals surface area contributed by atoms with Crippen LogP contribution in [0.15, 0.2) is 0 Å². The highest BCUT2D eigenvalue weighted by atomic mass is 16.7. The minimum absolute atomic E-state index is 0.0271. The van der Waals surface area contributed by atoms with Gasteiger partial charge in [0.05, 0.1) is 119 Å². The molecule has 0 spiro atoms.